The van der Waals surface area contributed by atoms with Crippen LogP contribution in [0.5, 0.6) is 0 Å². The maximum Gasteiger partial charge on any atom is 0.168 e. The molecule has 0 radical (unpaired) electrons. The Morgan fingerprint density at radius 2 is 1.09 bits per heavy atom. The van der Waals surface area contributed by atoms with E-state index in [1.165, 1.54) is 0 Å². The average Bonchev–Trinajstić information content (AvgIpc) is 2.63. The van der Waals surface area contributed by atoms with Gasteiger partial charge < -0.3 is 19.9 Å². The molecule has 2 aliphatic rings. The molecule has 2 rings (SSSR count). The van der Waals surface area contributed by atoms with Crippen molar-refractivity contribution < 1.29 is 29.5 Å². The maximum atomic E-state index is 12.8. The lowest BCUT2D eigenvalue weighted by molar-refractivity contribution is -0.118. The predicted octanol–water partition coefficient (Wildman–Crippen LogP) is 4.95. The summed E-state index contributed by atoms with van der Waals surface area (Å²) in [6, 6.07) is 0. The maximum absolute atomic E-state index is 12.8. The van der Waals surface area contributed by atoms with E-state index >= 15 is 0 Å². The zero-order valence-corrected chi connectivity index (χ0v) is 20.1. The highest BCUT2D eigenvalue weighted by Gasteiger charge is 2.37. The van der Waals surface area contributed by atoms with Gasteiger partial charge in [0.25, 0.3) is 0 Å². The van der Waals surface area contributed by atoms with E-state index in [1.54, 1.807) is 13.8 Å². The van der Waals surface area contributed by atoms with Crippen LogP contribution < -0.4 is 0 Å². The molecule has 0 fully saturated rings. The summed E-state index contributed by atoms with van der Waals surface area (Å²) in [4.78, 5) is 36.0. The molecule has 0 saturated carbocycles. The van der Waals surface area contributed by atoms with E-state index in [0.717, 1.165) is 0 Å². The molecule has 0 aromatic heterocycles. The summed E-state index contributed by atoms with van der Waals surface area (Å²) < 4.78 is 0. The van der Waals surface area contributed by atoms with Crippen LogP contribution >= 0.6 is 0 Å². The van der Waals surface area contributed by atoms with Gasteiger partial charge in [0.2, 0.25) is 0 Å². The van der Waals surface area contributed by atoms with Crippen LogP contribution in [0.15, 0.2) is 33.0 Å². The van der Waals surface area contributed by atoms with Gasteiger partial charge in [0, 0.05) is 25.7 Å². The topological polar surface area (TPSA) is 118 Å². The highest BCUT2D eigenvalue weighted by molar-refractivity contribution is 6.26. The number of carbonyl (C=O) groups is 2. The van der Waals surface area contributed by atoms with Gasteiger partial charge in [-0.15, -0.1) is 0 Å². The number of nitrogens with zero attached hydrogens (tertiary/aromatic N) is 2. The molecule has 0 amide bonds. The van der Waals surface area contributed by atoms with Crippen molar-refractivity contribution in [2.24, 2.45) is 21.1 Å². The number of Topliss-reactive ketones (excluding diaryl/α,β-unsaturated/α-hetero) is 2. The molecule has 8 nitrogen and oxygen atoms in total. The Kier molecular flexibility index (Phi) is 8.26. The van der Waals surface area contributed by atoms with Gasteiger partial charge >= 0.3 is 0 Å². The van der Waals surface area contributed by atoms with Crippen LogP contribution in [0.4, 0.5) is 0 Å². The fourth-order valence-corrected chi connectivity index (χ4v) is 4.19. The third-order valence-corrected chi connectivity index (χ3v) is 5.49. The van der Waals surface area contributed by atoms with Gasteiger partial charge in [0.05, 0.1) is 22.6 Å². The van der Waals surface area contributed by atoms with Crippen molar-refractivity contribution in [2.75, 3.05) is 13.2 Å². The first-order valence-electron chi connectivity index (χ1n) is 11.2. The molecule has 0 aliphatic heterocycles. The number of allylic oxidation sites excluding steroid dienone is 4. The van der Waals surface area contributed by atoms with Crippen molar-refractivity contribution in [3.05, 3.63) is 22.7 Å². The second-order valence-corrected chi connectivity index (χ2v) is 9.94. The molecule has 0 unspecified atom stereocenters. The number of aliphatic hydroxyl groups excluding tert-OH is 2. The second-order valence-electron chi connectivity index (χ2n) is 9.94. The fourth-order valence-electron chi connectivity index (χ4n) is 4.19. The first-order chi connectivity index (χ1) is 14.9. The zero-order valence-electron chi connectivity index (χ0n) is 20.1. The van der Waals surface area contributed by atoms with E-state index in [0.29, 0.717) is 37.5 Å². The van der Waals surface area contributed by atoms with Crippen LogP contribution in [0, 0.1) is 10.8 Å². The molecule has 178 valence electrons. The molecule has 0 spiro atoms. The third-order valence-electron chi connectivity index (χ3n) is 5.49. The summed E-state index contributed by atoms with van der Waals surface area (Å²) in [5.41, 5.74) is 0.281. The molecule has 2 N–H and O–H groups in total. The molecule has 0 heterocycles. The number of ketones is 2. The highest BCUT2D eigenvalue weighted by Crippen LogP contribution is 2.38. The van der Waals surface area contributed by atoms with Crippen molar-refractivity contribution >= 4 is 23.0 Å². The molecule has 0 bridgehead atoms. The lowest BCUT2D eigenvalue weighted by Crippen LogP contribution is -2.31. The largest absolute Gasteiger partial charge is 0.511 e. The van der Waals surface area contributed by atoms with E-state index < -0.39 is 0 Å². The lowest BCUT2D eigenvalue weighted by atomic mass is 9.74. The van der Waals surface area contributed by atoms with E-state index in [1.807, 2.05) is 27.7 Å². The van der Waals surface area contributed by atoms with E-state index in [9.17, 15) is 19.8 Å². The van der Waals surface area contributed by atoms with Gasteiger partial charge in [-0.25, -0.2) is 0 Å². The molecule has 0 saturated heterocycles. The van der Waals surface area contributed by atoms with Crippen molar-refractivity contribution in [1.29, 1.82) is 0 Å². The highest BCUT2D eigenvalue weighted by atomic mass is 16.6. The number of hydrogen-bond acceptors (Lipinski definition) is 8. The summed E-state index contributed by atoms with van der Waals surface area (Å²) >= 11 is 0. The van der Waals surface area contributed by atoms with Crippen LogP contribution in [0.25, 0.3) is 0 Å². The zero-order chi connectivity index (χ0) is 24.1. The predicted molar refractivity (Wildman–Crippen MR) is 123 cm³/mol. The summed E-state index contributed by atoms with van der Waals surface area (Å²) in [5.74, 6) is -0.410. The number of hydrogen-bond donors (Lipinski definition) is 2. The van der Waals surface area contributed by atoms with Crippen LogP contribution in [-0.4, -0.2) is 46.4 Å². The third kappa shape index (κ3) is 6.43. The molecular formula is C24H36N2O6. The van der Waals surface area contributed by atoms with Crippen LogP contribution in [0.2, 0.25) is 0 Å². The van der Waals surface area contributed by atoms with Crippen LogP contribution in [0.3, 0.4) is 0 Å². The van der Waals surface area contributed by atoms with E-state index in [2.05, 4.69) is 10.3 Å². The Labute approximate surface area is 190 Å². The Bertz CT molecular complexity index is 805. The number of carbonyl (C=O) groups excluding carboxylic acids is 2. The SMILES string of the molecule is CCON=C(CCC(=NOCC)C1=C(O)CC(C)(C)CC1=O)C1=C(O)CC(C)(C)CC1=O. The first-order valence-corrected chi connectivity index (χ1v) is 11.2. The van der Waals surface area contributed by atoms with Gasteiger partial charge in [-0.3, -0.25) is 9.59 Å². The van der Waals surface area contributed by atoms with Crippen molar-refractivity contribution in [3.8, 4) is 0 Å². The van der Waals surface area contributed by atoms with Crippen molar-refractivity contribution in [1.82, 2.24) is 0 Å². The molecule has 0 atom stereocenters. The van der Waals surface area contributed by atoms with E-state index in [-0.39, 0.29) is 70.7 Å². The van der Waals surface area contributed by atoms with Crippen LogP contribution in [-0.2, 0) is 19.3 Å². The molecule has 0 aromatic rings. The van der Waals surface area contributed by atoms with Crippen molar-refractivity contribution in [3.63, 3.8) is 0 Å². The van der Waals surface area contributed by atoms with Gasteiger partial charge in [-0.05, 0) is 37.5 Å². The minimum absolute atomic E-state index is 0.00875. The molecule has 32 heavy (non-hydrogen) atoms. The van der Waals surface area contributed by atoms with Crippen LogP contribution in [0.1, 0.15) is 80.1 Å². The molecule has 0 aromatic carbocycles. The second kappa shape index (κ2) is 10.3. The summed E-state index contributed by atoms with van der Waals surface area (Å²) in [7, 11) is 0. The summed E-state index contributed by atoms with van der Waals surface area (Å²) in [5, 5.41) is 29.4. The monoisotopic (exact) mass is 448 g/mol. The average molecular weight is 449 g/mol. The fraction of sp³-hybridized carbons (Fsp3) is 0.667. The Balaban J connectivity index is 2.37. The van der Waals surface area contributed by atoms with Gasteiger partial charge in [-0.2, -0.15) is 0 Å². The smallest absolute Gasteiger partial charge is 0.168 e. The Hall–Kier alpha value is -2.64. The Morgan fingerprint density at radius 3 is 1.38 bits per heavy atom. The van der Waals surface area contributed by atoms with Gasteiger partial charge in [0.15, 0.2) is 11.6 Å². The molecule has 8 heteroatoms. The number of aliphatic hydroxyl groups is 2. The quantitative estimate of drug-likeness (QED) is 0.380. The Morgan fingerprint density at radius 1 is 0.750 bits per heavy atom. The number of rotatable bonds is 9. The van der Waals surface area contributed by atoms with E-state index in [4.69, 9.17) is 9.68 Å². The minimum atomic E-state index is -0.332. The molecular weight excluding hydrogens is 412 g/mol. The lowest BCUT2D eigenvalue weighted by Gasteiger charge is -2.30. The molecule has 2 aliphatic carbocycles. The van der Waals surface area contributed by atoms with Gasteiger partial charge in [0.1, 0.15) is 24.7 Å². The minimum Gasteiger partial charge on any atom is -0.511 e. The van der Waals surface area contributed by atoms with Gasteiger partial charge in [-0.1, -0.05) is 38.0 Å². The first kappa shape index (κ1) is 25.6. The van der Waals surface area contributed by atoms with Crippen molar-refractivity contribution in [2.45, 2.75) is 80.1 Å². The normalized spacial score (nSPS) is 21.8. The summed E-state index contributed by atoms with van der Waals surface area (Å²) in [6.45, 7) is 11.9. The standard InChI is InChI=1S/C24H36N2O6/c1-7-31-25-15(21-17(27)11-23(3,4)12-18(21)28)9-10-16(26-32-8-2)22-19(29)13-24(5,6)14-20(22)30/h27,29H,7-14H2,1-6H3. The summed E-state index contributed by atoms with van der Waals surface area (Å²) in [6.07, 6.45) is 1.67. The number of oxime groups is 2.